The smallest absolute Gasteiger partial charge is 0.164 e. The van der Waals surface area contributed by atoms with Crippen molar-refractivity contribution >= 4 is 10.8 Å². The van der Waals surface area contributed by atoms with Gasteiger partial charge in [-0.3, -0.25) is 0 Å². The van der Waals surface area contributed by atoms with Crippen molar-refractivity contribution in [2.24, 2.45) is 0 Å². The van der Waals surface area contributed by atoms with Crippen LogP contribution in [-0.4, -0.2) is 15.0 Å². The molecule has 0 bridgehead atoms. The lowest BCUT2D eigenvalue weighted by molar-refractivity contribution is 1.07. The van der Waals surface area contributed by atoms with E-state index in [1.165, 1.54) is 5.39 Å². The quantitative estimate of drug-likeness (QED) is 0.220. The predicted octanol–water partition coefficient (Wildman–Crippen LogP) is 9.23. The van der Waals surface area contributed by atoms with Crippen molar-refractivity contribution in [3.63, 3.8) is 0 Å². The van der Waals surface area contributed by atoms with Crippen LogP contribution in [0.1, 0.15) is 5.56 Å². The van der Waals surface area contributed by atoms with Gasteiger partial charge in [0.1, 0.15) is 0 Å². The van der Waals surface area contributed by atoms with Gasteiger partial charge in [0.05, 0.1) is 11.6 Å². The first-order valence-electron chi connectivity index (χ1n) is 13.8. The number of nitrogens with zero attached hydrogens (tertiary/aromatic N) is 4. The Bertz CT molecular complexity index is 2000. The topological polar surface area (TPSA) is 62.5 Å². The maximum absolute atomic E-state index is 9.15. The van der Waals surface area contributed by atoms with E-state index in [-0.39, 0.29) is 0 Å². The zero-order valence-electron chi connectivity index (χ0n) is 22.6. The molecule has 7 rings (SSSR count). The van der Waals surface area contributed by atoms with Gasteiger partial charge in [0.15, 0.2) is 17.5 Å². The number of rotatable bonds is 5. The maximum atomic E-state index is 9.15. The number of aromatic nitrogens is 3. The number of hydrogen-bond acceptors (Lipinski definition) is 4. The minimum Gasteiger partial charge on any atom is -0.208 e. The molecule has 196 valence electrons. The first-order valence-corrected chi connectivity index (χ1v) is 13.8. The van der Waals surface area contributed by atoms with Gasteiger partial charge in [0.25, 0.3) is 0 Å². The van der Waals surface area contributed by atoms with Gasteiger partial charge in [-0.2, -0.15) is 5.26 Å². The summed E-state index contributed by atoms with van der Waals surface area (Å²) in [5.41, 5.74) is 7.99. The molecular weight excluding hydrogens is 512 g/mol. The molecule has 4 heteroatoms. The standard InChI is InChI=1S/C38H24N4/c39-25-26-14-16-28(17-15-26)34-13-7-12-33-24-32(22-23-35(33)34)27-18-20-31(21-19-27)38-41-36(29-8-3-1-4-9-29)40-37(42-38)30-10-5-2-6-11-30/h1-24H. The molecule has 0 fully saturated rings. The Morgan fingerprint density at radius 3 is 1.48 bits per heavy atom. The van der Waals surface area contributed by atoms with Gasteiger partial charge in [0, 0.05) is 16.7 Å². The van der Waals surface area contributed by atoms with Crippen molar-refractivity contribution in [3.05, 3.63) is 151 Å². The van der Waals surface area contributed by atoms with Crippen LogP contribution in [0.15, 0.2) is 146 Å². The van der Waals surface area contributed by atoms with Crippen molar-refractivity contribution in [2.75, 3.05) is 0 Å². The predicted molar refractivity (Wildman–Crippen MR) is 169 cm³/mol. The second kappa shape index (κ2) is 10.9. The molecule has 0 aliphatic rings. The summed E-state index contributed by atoms with van der Waals surface area (Å²) in [7, 11) is 0. The maximum Gasteiger partial charge on any atom is 0.164 e. The van der Waals surface area contributed by atoms with Crippen LogP contribution < -0.4 is 0 Å². The summed E-state index contributed by atoms with van der Waals surface area (Å²) >= 11 is 0. The van der Waals surface area contributed by atoms with E-state index in [1.54, 1.807) is 0 Å². The average Bonchev–Trinajstić information content (AvgIpc) is 3.08. The van der Waals surface area contributed by atoms with Crippen molar-refractivity contribution in [2.45, 2.75) is 0 Å². The van der Waals surface area contributed by atoms with Crippen molar-refractivity contribution < 1.29 is 0 Å². The van der Waals surface area contributed by atoms with Crippen LogP contribution in [0.5, 0.6) is 0 Å². The molecule has 0 aliphatic carbocycles. The molecule has 0 aliphatic heterocycles. The van der Waals surface area contributed by atoms with Gasteiger partial charge in [-0.1, -0.05) is 127 Å². The average molecular weight is 537 g/mol. The third kappa shape index (κ3) is 4.92. The Kier molecular flexibility index (Phi) is 6.52. The highest BCUT2D eigenvalue weighted by atomic mass is 15.0. The number of hydrogen-bond donors (Lipinski definition) is 0. The van der Waals surface area contributed by atoms with E-state index in [1.807, 2.05) is 84.9 Å². The molecule has 0 saturated carbocycles. The molecule has 0 spiro atoms. The Morgan fingerprint density at radius 2 is 0.905 bits per heavy atom. The Labute approximate surface area is 244 Å². The molecule has 1 heterocycles. The monoisotopic (exact) mass is 536 g/mol. The Balaban J connectivity index is 1.24. The highest BCUT2D eigenvalue weighted by Crippen LogP contribution is 2.33. The Morgan fingerprint density at radius 1 is 0.405 bits per heavy atom. The van der Waals surface area contributed by atoms with Gasteiger partial charge >= 0.3 is 0 Å². The van der Waals surface area contributed by atoms with E-state index in [2.05, 4.69) is 66.7 Å². The summed E-state index contributed by atoms with van der Waals surface area (Å²) in [6, 6.07) is 51.3. The molecule has 42 heavy (non-hydrogen) atoms. The van der Waals surface area contributed by atoms with Gasteiger partial charge in [0.2, 0.25) is 0 Å². The van der Waals surface area contributed by atoms with Crippen molar-refractivity contribution in [1.82, 2.24) is 15.0 Å². The highest BCUT2D eigenvalue weighted by molar-refractivity contribution is 5.98. The SMILES string of the molecule is N#Cc1ccc(-c2cccc3cc(-c4ccc(-c5nc(-c6ccccc6)nc(-c6ccccc6)n5)cc4)ccc23)cc1. The number of benzene rings is 6. The fourth-order valence-corrected chi connectivity index (χ4v) is 5.19. The van der Waals surface area contributed by atoms with Crippen LogP contribution in [0, 0.1) is 11.3 Å². The van der Waals surface area contributed by atoms with Crippen LogP contribution in [0.3, 0.4) is 0 Å². The molecule has 0 atom stereocenters. The highest BCUT2D eigenvalue weighted by Gasteiger charge is 2.13. The minimum absolute atomic E-state index is 0.639. The summed E-state index contributed by atoms with van der Waals surface area (Å²) in [4.78, 5) is 14.5. The largest absolute Gasteiger partial charge is 0.208 e. The van der Waals surface area contributed by atoms with E-state index in [0.717, 1.165) is 44.3 Å². The van der Waals surface area contributed by atoms with Crippen LogP contribution in [0.25, 0.3) is 67.2 Å². The van der Waals surface area contributed by atoms with Gasteiger partial charge in [-0.15, -0.1) is 0 Å². The third-order valence-electron chi connectivity index (χ3n) is 7.38. The van der Waals surface area contributed by atoms with Crippen LogP contribution in [-0.2, 0) is 0 Å². The van der Waals surface area contributed by atoms with Gasteiger partial charge in [-0.05, 0) is 51.2 Å². The zero-order valence-corrected chi connectivity index (χ0v) is 22.6. The van der Waals surface area contributed by atoms with E-state index >= 15 is 0 Å². The van der Waals surface area contributed by atoms with Crippen molar-refractivity contribution in [1.29, 1.82) is 5.26 Å². The van der Waals surface area contributed by atoms with Crippen molar-refractivity contribution in [3.8, 4) is 62.5 Å². The molecule has 6 aromatic carbocycles. The number of nitriles is 1. The molecule has 1 aromatic heterocycles. The lowest BCUT2D eigenvalue weighted by Crippen LogP contribution is -2.00. The number of fused-ring (bicyclic) bond motifs is 1. The second-order valence-corrected chi connectivity index (χ2v) is 10.0. The fraction of sp³-hybridized carbons (Fsp3) is 0. The molecule has 0 saturated heterocycles. The Hall–Kier alpha value is -5.92. The van der Waals surface area contributed by atoms with E-state index in [4.69, 9.17) is 20.2 Å². The minimum atomic E-state index is 0.639. The first-order chi connectivity index (χ1) is 20.7. The molecule has 4 nitrogen and oxygen atoms in total. The molecule has 0 amide bonds. The summed E-state index contributed by atoms with van der Waals surface area (Å²) in [6.07, 6.45) is 0. The van der Waals surface area contributed by atoms with Crippen LogP contribution in [0.2, 0.25) is 0 Å². The summed E-state index contributed by atoms with van der Waals surface area (Å²) < 4.78 is 0. The lowest BCUT2D eigenvalue weighted by atomic mass is 9.94. The second-order valence-electron chi connectivity index (χ2n) is 10.0. The van der Waals surface area contributed by atoms with E-state index < -0.39 is 0 Å². The summed E-state index contributed by atoms with van der Waals surface area (Å²) in [5.74, 6) is 1.94. The van der Waals surface area contributed by atoms with Crippen LogP contribution >= 0.6 is 0 Å². The van der Waals surface area contributed by atoms with Crippen LogP contribution in [0.4, 0.5) is 0 Å². The molecular formula is C38H24N4. The van der Waals surface area contributed by atoms with Gasteiger partial charge < -0.3 is 0 Å². The lowest BCUT2D eigenvalue weighted by Gasteiger charge is -2.11. The fourth-order valence-electron chi connectivity index (χ4n) is 5.19. The van der Waals surface area contributed by atoms with E-state index in [0.29, 0.717) is 23.0 Å². The van der Waals surface area contributed by atoms with E-state index in [9.17, 15) is 0 Å². The molecule has 0 unspecified atom stereocenters. The molecule has 7 aromatic rings. The third-order valence-corrected chi connectivity index (χ3v) is 7.38. The zero-order chi connectivity index (χ0) is 28.3. The summed E-state index contributed by atoms with van der Waals surface area (Å²) in [6.45, 7) is 0. The first kappa shape index (κ1) is 25.1. The van der Waals surface area contributed by atoms with Gasteiger partial charge in [-0.25, -0.2) is 15.0 Å². The molecule has 0 radical (unpaired) electrons. The normalized spacial score (nSPS) is 10.8. The summed E-state index contributed by atoms with van der Waals surface area (Å²) in [5, 5.41) is 11.5. The molecule has 0 N–H and O–H groups in total.